The summed E-state index contributed by atoms with van der Waals surface area (Å²) < 4.78 is 0. The lowest BCUT2D eigenvalue weighted by molar-refractivity contribution is -0.108. The first-order chi connectivity index (χ1) is 3.77. The topological polar surface area (TPSA) is 43.1 Å². The lowest BCUT2D eigenvalue weighted by Gasteiger charge is -2.01. The van der Waals surface area contributed by atoms with Crippen LogP contribution in [0.1, 0.15) is 25.7 Å². The molecule has 1 rings (SSSR count). The fourth-order valence-electron chi connectivity index (χ4n) is 0.757. The molecule has 0 aromatic carbocycles. The molecular formula is C6H11NO. The summed E-state index contributed by atoms with van der Waals surface area (Å²) in [5.74, 6) is 0. The van der Waals surface area contributed by atoms with E-state index in [2.05, 4.69) is 0 Å². The first-order valence-corrected chi connectivity index (χ1v) is 2.99. The molecule has 0 atom stereocenters. The van der Waals surface area contributed by atoms with Crippen molar-refractivity contribution < 1.29 is 4.79 Å². The molecule has 8 heavy (non-hydrogen) atoms. The molecular weight excluding hydrogens is 102 g/mol. The second kappa shape index (κ2) is 1.86. The maximum atomic E-state index is 9.82. The second-order valence-corrected chi connectivity index (χ2v) is 2.57. The Morgan fingerprint density at radius 3 is 2.62 bits per heavy atom. The van der Waals surface area contributed by atoms with Gasteiger partial charge in [0, 0.05) is 12.0 Å². The van der Waals surface area contributed by atoms with Crippen molar-refractivity contribution in [3.05, 3.63) is 0 Å². The van der Waals surface area contributed by atoms with Crippen LogP contribution in [-0.2, 0) is 4.79 Å². The Bertz CT molecular complexity index is 96.7. The van der Waals surface area contributed by atoms with Crippen molar-refractivity contribution in [1.82, 2.24) is 0 Å². The summed E-state index contributed by atoms with van der Waals surface area (Å²) >= 11 is 0. The van der Waals surface area contributed by atoms with Crippen molar-refractivity contribution >= 4 is 6.29 Å². The summed E-state index contributed by atoms with van der Waals surface area (Å²) in [5.41, 5.74) is 5.74. The molecule has 2 heteroatoms. The van der Waals surface area contributed by atoms with Gasteiger partial charge < -0.3 is 10.5 Å². The van der Waals surface area contributed by atoms with Crippen LogP contribution in [-0.4, -0.2) is 11.8 Å². The summed E-state index contributed by atoms with van der Waals surface area (Å²) in [6, 6.07) is 0. The van der Waals surface area contributed by atoms with Crippen LogP contribution in [0.2, 0.25) is 0 Å². The van der Waals surface area contributed by atoms with Gasteiger partial charge in [-0.3, -0.25) is 0 Å². The van der Waals surface area contributed by atoms with Gasteiger partial charge in [-0.25, -0.2) is 0 Å². The number of rotatable bonds is 3. The van der Waals surface area contributed by atoms with E-state index in [1.165, 1.54) is 0 Å². The molecule has 2 N–H and O–H groups in total. The summed E-state index contributed by atoms with van der Waals surface area (Å²) in [4.78, 5) is 9.82. The van der Waals surface area contributed by atoms with Crippen LogP contribution in [0.3, 0.4) is 0 Å². The molecule has 0 radical (unpaired) electrons. The number of hydrogen-bond acceptors (Lipinski definition) is 2. The highest BCUT2D eigenvalue weighted by Crippen LogP contribution is 2.35. The highest BCUT2D eigenvalue weighted by molar-refractivity contribution is 5.49. The third kappa shape index (κ3) is 1.30. The van der Waals surface area contributed by atoms with E-state index in [1.54, 1.807) is 0 Å². The Labute approximate surface area is 49.1 Å². The number of carbonyl (C=O) groups is 1. The number of carbonyl (C=O) groups excluding carboxylic acids is 1. The highest BCUT2D eigenvalue weighted by atomic mass is 16.1. The third-order valence-electron chi connectivity index (χ3n) is 1.65. The Kier molecular flexibility index (Phi) is 1.34. The molecule has 0 unspecified atom stereocenters. The van der Waals surface area contributed by atoms with Crippen LogP contribution in [0.5, 0.6) is 0 Å². The van der Waals surface area contributed by atoms with E-state index >= 15 is 0 Å². The molecule has 0 aliphatic heterocycles. The smallest absolute Gasteiger partial charge is 0.120 e. The predicted molar refractivity (Wildman–Crippen MR) is 31.5 cm³/mol. The van der Waals surface area contributed by atoms with Crippen LogP contribution in [0.25, 0.3) is 0 Å². The highest BCUT2D eigenvalue weighted by Gasteiger charge is 2.36. The molecule has 0 spiro atoms. The summed E-state index contributed by atoms with van der Waals surface area (Å²) in [5, 5.41) is 0. The molecule has 1 fully saturated rings. The van der Waals surface area contributed by atoms with E-state index in [0.29, 0.717) is 6.42 Å². The van der Waals surface area contributed by atoms with E-state index in [4.69, 9.17) is 5.73 Å². The van der Waals surface area contributed by atoms with Crippen molar-refractivity contribution in [2.75, 3.05) is 0 Å². The molecule has 0 bridgehead atoms. The van der Waals surface area contributed by atoms with Gasteiger partial charge in [0.25, 0.3) is 0 Å². The lowest BCUT2D eigenvalue weighted by atomic mass is 10.1. The molecule has 0 amide bonds. The standard InChI is InChI=1S/C6H11NO/c7-6(3-4-6)2-1-5-8/h5H,1-4,7H2. The maximum Gasteiger partial charge on any atom is 0.120 e. The minimum atomic E-state index is 0.0703. The van der Waals surface area contributed by atoms with Crippen molar-refractivity contribution in [3.8, 4) is 0 Å². The van der Waals surface area contributed by atoms with E-state index in [-0.39, 0.29) is 5.54 Å². The molecule has 46 valence electrons. The molecule has 0 aromatic heterocycles. The van der Waals surface area contributed by atoms with Gasteiger partial charge in [-0.05, 0) is 19.3 Å². The average Bonchev–Trinajstić information content (AvgIpc) is 2.45. The Morgan fingerprint density at radius 2 is 2.25 bits per heavy atom. The van der Waals surface area contributed by atoms with Crippen LogP contribution in [0.15, 0.2) is 0 Å². The first kappa shape index (κ1) is 5.76. The summed E-state index contributed by atoms with van der Waals surface area (Å²) in [6.45, 7) is 0. The van der Waals surface area contributed by atoms with E-state index in [1.807, 2.05) is 0 Å². The van der Waals surface area contributed by atoms with Gasteiger partial charge in [-0.1, -0.05) is 0 Å². The van der Waals surface area contributed by atoms with Crippen LogP contribution < -0.4 is 5.73 Å². The molecule has 2 nitrogen and oxygen atoms in total. The van der Waals surface area contributed by atoms with Crippen LogP contribution in [0.4, 0.5) is 0 Å². The van der Waals surface area contributed by atoms with Crippen LogP contribution >= 0.6 is 0 Å². The molecule has 1 saturated carbocycles. The fourth-order valence-corrected chi connectivity index (χ4v) is 0.757. The summed E-state index contributed by atoms with van der Waals surface area (Å²) in [6.07, 6.45) is 4.68. The van der Waals surface area contributed by atoms with Gasteiger partial charge in [0.1, 0.15) is 6.29 Å². The van der Waals surface area contributed by atoms with Gasteiger partial charge >= 0.3 is 0 Å². The average molecular weight is 113 g/mol. The Hall–Kier alpha value is -0.370. The number of hydrogen-bond donors (Lipinski definition) is 1. The van der Waals surface area contributed by atoms with Crippen molar-refractivity contribution in [1.29, 1.82) is 0 Å². The second-order valence-electron chi connectivity index (χ2n) is 2.57. The largest absolute Gasteiger partial charge is 0.325 e. The van der Waals surface area contributed by atoms with Crippen molar-refractivity contribution in [2.45, 2.75) is 31.2 Å². The normalized spacial score (nSPS) is 22.6. The number of aldehydes is 1. The van der Waals surface area contributed by atoms with E-state index in [0.717, 1.165) is 25.5 Å². The monoisotopic (exact) mass is 113 g/mol. The zero-order valence-corrected chi connectivity index (χ0v) is 4.89. The molecule has 0 heterocycles. The maximum absolute atomic E-state index is 9.82. The SMILES string of the molecule is NC1(CCC=O)CC1. The minimum Gasteiger partial charge on any atom is -0.325 e. The zero-order valence-electron chi connectivity index (χ0n) is 4.89. The molecule has 1 aliphatic carbocycles. The van der Waals surface area contributed by atoms with Crippen LogP contribution in [0, 0.1) is 0 Å². The Morgan fingerprint density at radius 1 is 1.62 bits per heavy atom. The van der Waals surface area contributed by atoms with Gasteiger partial charge in [0.15, 0.2) is 0 Å². The first-order valence-electron chi connectivity index (χ1n) is 2.99. The third-order valence-corrected chi connectivity index (χ3v) is 1.65. The molecule has 1 aliphatic rings. The number of nitrogens with two attached hydrogens (primary N) is 1. The molecule has 0 aromatic rings. The van der Waals surface area contributed by atoms with Gasteiger partial charge in [0.2, 0.25) is 0 Å². The van der Waals surface area contributed by atoms with Gasteiger partial charge in [0.05, 0.1) is 0 Å². The predicted octanol–water partition coefficient (Wildman–Crippen LogP) is 0.457. The van der Waals surface area contributed by atoms with E-state index in [9.17, 15) is 4.79 Å². The summed E-state index contributed by atoms with van der Waals surface area (Å²) in [7, 11) is 0. The van der Waals surface area contributed by atoms with Gasteiger partial charge in [-0.2, -0.15) is 0 Å². The van der Waals surface area contributed by atoms with Crippen molar-refractivity contribution in [2.24, 2.45) is 5.73 Å². The van der Waals surface area contributed by atoms with E-state index < -0.39 is 0 Å². The van der Waals surface area contributed by atoms with Crippen molar-refractivity contribution in [3.63, 3.8) is 0 Å². The quantitative estimate of drug-likeness (QED) is 0.540. The molecule has 0 saturated heterocycles. The lowest BCUT2D eigenvalue weighted by Crippen LogP contribution is -2.20. The fraction of sp³-hybridized carbons (Fsp3) is 0.833. The minimum absolute atomic E-state index is 0.0703. The Balaban J connectivity index is 2.09. The zero-order chi connectivity index (χ0) is 6.04. The van der Waals surface area contributed by atoms with Gasteiger partial charge in [-0.15, -0.1) is 0 Å².